The average molecular weight is 378 g/mol. The van der Waals surface area contributed by atoms with Gasteiger partial charge in [0, 0.05) is 12.1 Å². The summed E-state index contributed by atoms with van der Waals surface area (Å²) >= 11 is 1.13. The smallest absolute Gasteiger partial charge is 0.253 e. The highest BCUT2D eigenvalue weighted by Gasteiger charge is 2.40. The zero-order valence-corrected chi connectivity index (χ0v) is 15.3. The molecule has 0 bridgehead atoms. The molecule has 2 aromatic rings. The summed E-state index contributed by atoms with van der Waals surface area (Å²) < 4.78 is 27.0. The van der Waals surface area contributed by atoms with E-state index in [4.69, 9.17) is 0 Å². The number of benzene rings is 1. The van der Waals surface area contributed by atoms with Gasteiger partial charge in [-0.15, -0.1) is 11.3 Å². The molecule has 1 atom stereocenters. The number of carbonyl (C=O) groups is 2. The SMILES string of the molecule is CC(=O)c1ccccc1NC(=O)C1CCCN1S(=O)(=O)c1cccs1. The van der Waals surface area contributed by atoms with Crippen LogP contribution in [0.2, 0.25) is 0 Å². The molecule has 0 saturated carbocycles. The van der Waals surface area contributed by atoms with E-state index >= 15 is 0 Å². The molecule has 1 fully saturated rings. The molecule has 0 aliphatic carbocycles. The Morgan fingerprint density at radius 1 is 1.20 bits per heavy atom. The number of nitrogens with one attached hydrogen (secondary N) is 1. The second-order valence-electron chi connectivity index (χ2n) is 5.80. The van der Waals surface area contributed by atoms with Crippen molar-refractivity contribution in [3.05, 3.63) is 47.3 Å². The number of Topliss-reactive ketones (excluding diaryl/α,β-unsaturated/α-hetero) is 1. The van der Waals surface area contributed by atoms with Gasteiger partial charge in [0.2, 0.25) is 5.91 Å². The molecule has 1 amide bonds. The van der Waals surface area contributed by atoms with E-state index in [0.29, 0.717) is 30.6 Å². The first-order valence-corrected chi connectivity index (χ1v) is 10.2. The summed E-state index contributed by atoms with van der Waals surface area (Å²) in [5.41, 5.74) is 0.807. The maximum absolute atomic E-state index is 12.7. The molecule has 1 saturated heterocycles. The summed E-state index contributed by atoms with van der Waals surface area (Å²) in [5.74, 6) is -0.572. The summed E-state index contributed by atoms with van der Waals surface area (Å²) in [6.07, 6.45) is 1.08. The van der Waals surface area contributed by atoms with Gasteiger partial charge < -0.3 is 5.32 Å². The second kappa shape index (κ2) is 7.07. The van der Waals surface area contributed by atoms with E-state index in [0.717, 1.165) is 11.3 Å². The number of para-hydroxylation sites is 1. The van der Waals surface area contributed by atoms with E-state index in [2.05, 4.69) is 5.32 Å². The fourth-order valence-electron chi connectivity index (χ4n) is 2.93. The third-order valence-electron chi connectivity index (χ3n) is 4.13. The third kappa shape index (κ3) is 3.51. The van der Waals surface area contributed by atoms with Gasteiger partial charge in [0.1, 0.15) is 10.3 Å². The van der Waals surface area contributed by atoms with E-state index in [1.807, 2.05) is 0 Å². The van der Waals surface area contributed by atoms with Gasteiger partial charge in [-0.3, -0.25) is 9.59 Å². The van der Waals surface area contributed by atoms with Gasteiger partial charge in [-0.05, 0) is 43.3 Å². The molecule has 3 rings (SSSR count). The summed E-state index contributed by atoms with van der Waals surface area (Å²) in [7, 11) is -3.68. The van der Waals surface area contributed by atoms with Crippen LogP contribution in [0.15, 0.2) is 46.0 Å². The molecule has 6 nitrogen and oxygen atoms in total. The van der Waals surface area contributed by atoms with Gasteiger partial charge in [-0.2, -0.15) is 4.31 Å². The number of hydrogen-bond acceptors (Lipinski definition) is 5. The van der Waals surface area contributed by atoms with Crippen LogP contribution in [0.25, 0.3) is 0 Å². The number of rotatable bonds is 5. The van der Waals surface area contributed by atoms with E-state index in [1.54, 1.807) is 41.8 Å². The second-order valence-corrected chi connectivity index (χ2v) is 8.86. The Morgan fingerprint density at radius 2 is 1.96 bits per heavy atom. The van der Waals surface area contributed by atoms with Crippen LogP contribution in [0.1, 0.15) is 30.1 Å². The molecule has 1 unspecified atom stereocenters. The molecular formula is C17H18N2O4S2. The van der Waals surface area contributed by atoms with Crippen molar-refractivity contribution in [1.29, 1.82) is 0 Å². The zero-order chi connectivity index (χ0) is 18.0. The van der Waals surface area contributed by atoms with Crippen molar-refractivity contribution in [3.63, 3.8) is 0 Å². The van der Waals surface area contributed by atoms with Crippen molar-refractivity contribution in [2.75, 3.05) is 11.9 Å². The van der Waals surface area contributed by atoms with Crippen molar-refractivity contribution >= 4 is 38.7 Å². The quantitative estimate of drug-likeness (QED) is 0.811. The number of amides is 1. The lowest BCUT2D eigenvalue weighted by Gasteiger charge is -2.23. The molecule has 1 aliphatic rings. The highest BCUT2D eigenvalue weighted by Crippen LogP contribution is 2.29. The van der Waals surface area contributed by atoms with Crippen molar-refractivity contribution in [3.8, 4) is 0 Å². The summed E-state index contributed by atoms with van der Waals surface area (Å²) in [5, 5.41) is 4.41. The van der Waals surface area contributed by atoms with Crippen molar-refractivity contribution in [1.82, 2.24) is 4.31 Å². The van der Waals surface area contributed by atoms with Gasteiger partial charge in [0.25, 0.3) is 10.0 Å². The first kappa shape index (κ1) is 17.8. The van der Waals surface area contributed by atoms with Gasteiger partial charge >= 0.3 is 0 Å². The highest BCUT2D eigenvalue weighted by atomic mass is 32.2. The van der Waals surface area contributed by atoms with Gasteiger partial charge in [-0.25, -0.2) is 8.42 Å². The van der Waals surface area contributed by atoms with E-state index in [-0.39, 0.29) is 9.99 Å². The van der Waals surface area contributed by atoms with Gasteiger partial charge in [0.15, 0.2) is 5.78 Å². The highest BCUT2D eigenvalue weighted by molar-refractivity contribution is 7.91. The molecular weight excluding hydrogens is 360 g/mol. The molecule has 0 spiro atoms. The number of nitrogens with zero attached hydrogens (tertiary/aromatic N) is 1. The van der Waals surface area contributed by atoms with Crippen LogP contribution < -0.4 is 5.32 Å². The average Bonchev–Trinajstić information content (AvgIpc) is 3.27. The Balaban J connectivity index is 1.84. The normalized spacial score (nSPS) is 18.2. The van der Waals surface area contributed by atoms with Crippen molar-refractivity contribution in [2.45, 2.75) is 30.0 Å². The molecule has 25 heavy (non-hydrogen) atoms. The molecule has 1 aliphatic heterocycles. The minimum Gasteiger partial charge on any atom is -0.324 e. The van der Waals surface area contributed by atoms with Crippen LogP contribution in [0.3, 0.4) is 0 Å². The molecule has 132 valence electrons. The Bertz CT molecular complexity index is 891. The standard InChI is InChI=1S/C17H18N2O4S2/c1-12(20)13-6-2-3-7-14(13)18-17(21)15-8-4-10-19(15)25(22,23)16-9-5-11-24-16/h2-3,5-7,9,11,15H,4,8,10H2,1H3,(H,18,21). The maximum atomic E-state index is 12.7. The molecule has 1 aromatic heterocycles. The van der Waals surface area contributed by atoms with E-state index in [9.17, 15) is 18.0 Å². The maximum Gasteiger partial charge on any atom is 0.253 e. The summed E-state index contributed by atoms with van der Waals surface area (Å²) in [6.45, 7) is 1.74. The minimum absolute atomic E-state index is 0.162. The lowest BCUT2D eigenvalue weighted by Crippen LogP contribution is -2.43. The Hall–Kier alpha value is -2.03. The third-order valence-corrected chi connectivity index (χ3v) is 7.41. The van der Waals surface area contributed by atoms with Crippen LogP contribution in [0, 0.1) is 0 Å². The first-order chi connectivity index (χ1) is 11.9. The Labute approximate surface area is 150 Å². The molecule has 0 radical (unpaired) electrons. The van der Waals surface area contributed by atoms with Crippen molar-refractivity contribution in [2.24, 2.45) is 0 Å². The van der Waals surface area contributed by atoms with Crippen LogP contribution >= 0.6 is 11.3 Å². The van der Waals surface area contributed by atoms with Crippen molar-refractivity contribution < 1.29 is 18.0 Å². The fourth-order valence-corrected chi connectivity index (χ4v) is 5.71. The Morgan fingerprint density at radius 3 is 2.64 bits per heavy atom. The summed E-state index contributed by atoms with van der Waals surface area (Å²) in [4.78, 5) is 24.4. The predicted octanol–water partition coefficient (Wildman–Crippen LogP) is 2.74. The number of anilines is 1. The summed E-state index contributed by atoms with van der Waals surface area (Å²) in [6, 6.07) is 9.15. The van der Waals surface area contributed by atoms with E-state index < -0.39 is 22.0 Å². The Kier molecular flexibility index (Phi) is 5.03. The number of thiophene rings is 1. The number of sulfonamides is 1. The molecule has 1 N–H and O–H groups in total. The van der Waals surface area contributed by atoms with Crippen LogP contribution in [0.4, 0.5) is 5.69 Å². The molecule has 8 heteroatoms. The zero-order valence-electron chi connectivity index (χ0n) is 13.6. The first-order valence-electron chi connectivity index (χ1n) is 7.87. The number of ketones is 1. The monoisotopic (exact) mass is 378 g/mol. The topological polar surface area (TPSA) is 83.6 Å². The molecule has 1 aromatic carbocycles. The minimum atomic E-state index is -3.68. The van der Waals surface area contributed by atoms with Gasteiger partial charge in [0.05, 0.1) is 5.69 Å². The number of hydrogen-bond donors (Lipinski definition) is 1. The molecule has 2 heterocycles. The van der Waals surface area contributed by atoms with Crippen LogP contribution in [-0.2, 0) is 14.8 Å². The predicted molar refractivity (Wildman–Crippen MR) is 96.3 cm³/mol. The fraction of sp³-hybridized carbons (Fsp3) is 0.294. The lowest BCUT2D eigenvalue weighted by atomic mass is 10.1. The van der Waals surface area contributed by atoms with Crippen LogP contribution in [0.5, 0.6) is 0 Å². The van der Waals surface area contributed by atoms with Crippen LogP contribution in [-0.4, -0.2) is 37.0 Å². The lowest BCUT2D eigenvalue weighted by molar-refractivity contribution is -0.119. The largest absolute Gasteiger partial charge is 0.324 e. The van der Waals surface area contributed by atoms with Gasteiger partial charge in [-0.1, -0.05) is 18.2 Å². The number of carbonyl (C=O) groups excluding carboxylic acids is 2. The van der Waals surface area contributed by atoms with E-state index in [1.165, 1.54) is 11.2 Å².